The van der Waals surface area contributed by atoms with Crippen LogP contribution in [-0.2, 0) is 9.53 Å². The maximum absolute atomic E-state index is 13.4. The molecule has 2 aliphatic rings. The molecular formula is C22H18BrN3O4S. The van der Waals surface area contributed by atoms with Crippen LogP contribution >= 0.6 is 27.3 Å². The summed E-state index contributed by atoms with van der Waals surface area (Å²) in [6.45, 7) is 0.666. The fourth-order valence-corrected chi connectivity index (χ4v) is 5.43. The second-order valence-corrected chi connectivity index (χ2v) is 9.41. The molecule has 31 heavy (non-hydrogen) atoms. The maximum Gasteiger partial charge on any atom is 0.262 e. The number of carbonyl (C=O) groups excluding carboxylic acids is 3. The van der Waals surface area contributed by atoms with E-state index in [-0.39, 0.29) is 18.6 Å². The molecule has 2 aliphatic heterocycles. The van der Waals surface area contributed by atoms with Gasteiger partial charge in [0.25, 0.3) is 11.8 Å². The Morgan fingerprint density at radius 1 is 1.19 bits per heavy atom. The third-order valence-electron chi connectivity index (χ3n) is 5.45. The third kappa shape index (κ3) is 3.77. The standard InChI is InChI=1S/C22H18BrN3O4S/c23-13-7-8-17-18(10-13)31-22(24-17)25(11-14-4-3-9-30-14)19(27)12-26-20(28)15-5-1-2-6-16(15)21(26)29/h1-2,5-8,10,14H,3-4,9,11-12H2. The van der Waals surface area contributed by atoms with Crippen LogP contribution in [0.25, 0.3) is 10.2 Å². The average molecular weight is 500 g/mol. The SMILES string of the molecule is O=C1c2ccccc2C(=O)N1CC(=O)N(CC1CCCO1)c1nc2ccc(Br)cc2s1. The Hall–Kier alpha value is -2.62. The van der Waals surface area contributed by atoms with Crippen molar-refractivity contribution in [2.24, 2.45) is 0 Å². The molecule has 7 nitrogen and oxygen atoms in total. The summed E-state index contributed by atoms with van der Waals surface area (Å²) in [4.78, 5) is 46.0. The van der Waals surface area contributed by atoms with Crippen LogP contribution in [0.5, 0.6) is 0 Å². The van der Waals surface area contributed by atoms with Crippen molar-refractivity contribution in [3.63, 3.8) is 0 Å². The molecule has 1 fully saturated rings. The van der Waals surface area contributed by atoms with Gasteiger partial charge in [-0.15, -0.1) is 0 Å². The number of amides is 3. The Bertz CT molecular complexity index is 1170. The highest BCUT2D eigenvalue weighted by atomic mass is 79.9. The summed E-state index contributed by atoms with van der Waals surface area (Å²) in [5.41, 5.74) is 1.45. The number of ether oxygens (including phenoxy) is 1. The van der Waals surface area contributed by atoms with Gasteiger partial charge in [0.05, 0.1) is 34.0 Å². The summed E-state index contributed by atoms with van der Waals surface area (Å²) in [7, 11) is 0. The molecule has 1 saturated heterocycles. The molecule has 3 aromatic rings. The highest BCUT2D eigenvalue weighted by Crippen LogP contribution is 2.32. The van der Waals surface area contributed by atoms with Gasteiger partial charge in [-0.3, -0.25) is 24.2 Å². The first-order chi connectivity index (χ1) is 15.0. The predicted octanol–water partition coefficient (Wildman–Crippen LogP) is 3.87. The van der Waals surface area contributed by atoms with Crippen molar-refractivity contribution in [1.29, 1.82) is 0 Å². The lowest BCUT2D eigenvalue weighted by Crippen LogP contribution is -2.45. The van der Waals surface area contributed by atoms with E-state index in [0.29, 0.717) is 29.4 Å². The van der Waals surface area contributed by atoms with Crippen LogP contribution in [0, 0.1) is 0 Å². The monoisotopic (exact) mass is 499 g/mol. The second-order valence-electron chi connectivity index (χ2n) is 7.49. The van der Waals surface area contributed by atoms with Gasteiger partial charge in [-0.25, -0.2) is 4.98 Å². The second kappa shape index (κ2) is 8.14. The molecule has 1 aromatic heterocycles. The van der Waals surface area contributed by atoms with E-state index < -0.39 is 11.8 Å². The van der Waals surface area contributed by atoms with Crippen molar-refractivity contribution in [2.45, 2.75) is 18.9 Å². The maximum atomic E-state index is 13.4. The van der Waals surface area contributed by atoms with E-state index in [0.717, 1.165) is 32.4 Å². The molecule has 1 unspecified atom stereocenters. The molecule has 3 amide bonds. The zero-order valence-corrected chi connectivity index (χ0v) is 18.8. The fraction of sp³-hybridized carbons (Fsp3) is 0.273. The summed E-state index contributed by atoms with van der Waals surface area (Å²) in [5, 5.41) is 0.533. The van der Waals surface area contributed by atoms with Crippen molar-refractivity contribution in [1.82, 2.24) is 9.88 Å². The zero-order chi connectivity index (χ0) is 21.5. The minimum atomic E-state index is -0.445. The molecule has 3 heterocycles. The lowest BCUT2D eigenvalue weighted by atomic mass is 10.1. The molecule has 0 radical (unpaired) electrons. The summed E-state index contributed by atoms with van der Waals surface area (Å²) in [6, 6.07) is 12.4. The van der Waals surface area contributed by atoms with E-state index in [2.05, 4.69) is 20.9 Å². The number of fused-ring (bicyclic) bond motifs is 2. The molecule has 158 valence electrons. The number of hydrogen-bond acceptors (Lipinski definition) is 6. The van der Waals surface area contributed by atoms with E-state index in [1.165, 1.54) is 11.3 Å². The molecule has 2 aromatic carbocycles. The van der Waals surface area contributed by atoms with Crippen LogP contribution in [0.4, 0.5) is 5.13 Å². The van der Waals surface area contributed by atoms with Gasteiger partial charge in [-0.2, -0.15) is 0 Å². The van der Waals surface area contributed by atoms with Crippen LogP contribution in [0.3, 0.4) is 0 Å². The predicted molar refractivity (Wildman–Crippen MR) is 120 cm³/mol. The highest BCUT2D eigenvalue weighted by Gasteiger charge is 2.38. The largest absolute Gasteiger partial charge is 0.376 e. The topological polar surface area (TPSA) is 79.8 Å². The van der Waals surface area contributed by atoms with E-state index in [9.17, 15) is 14.4 Å². The number of aromatic nitrogens is 1. The quantitative estimate of drug-likeness (QED) is 0.497. The lowest BCUT2D eigenvalue weighted by Gasteiger charge is -2.25. The van der Waals surface area contributed by atoms with E-state index in [4.69, 9.17) is 4.74 Å². The summed E-state index contributed by atoms with van der Waals surface area (Å²) < 4.78 is 7.61. The van der Waals surface area contributed by atoms with Gasteiger partial charge in [0.2, 0.25) is 5.91 Å². The van der Waals surface area contributed by atoms with Crippen molar-refractivity contribution >= 4 is 60.3 Å². The Morgan fingerprint density at radius 3 is 2.61 bits per heavy atom. The zero-order valence-electron chi connectivity index (χ0n) is 16.4. The normalized spacial score (nSPS) is 18.1. The number of anilines is 1. The Morgan fingerprint density at radius 2 is 1.94 bits per heavy atom. The van der Waals surface area contributed by atoms with Crippen LogP contribution < -0.4 is 4.90 Å². The molecule has 0 bridgehead atoms. The number of carbonyl (C=O) groups is 3. The number of hydrogen-bond donors (Lipinski definition) is 0. The van der Waals surface area contributed by atoms with Gasteiger partial charge in [-0.1, -0.05) is 39.4 Å². The summed E-state index contributed by atoms with van der Waals surface area (Å²) >= 11 is 4.86. The minimum Gasteiger partial charge on any atom is -0.376 e. The Labute approximate surface area is 190 Å². The average Bonchev–Trinajstić information content (AvgIpc) is 3.48. The Balaban J connectivity index is 1.44. The number of imide groups is 1. The molecule has 1 atom stereocenters. The van der Waals surface area contributed by atoms with Crippen LogP contribution in [0.2, 0.25) is 0 Å². The van der Waals surface area contributed by atoms with Crippen LogP contribution in [0.15, 0.2) is 46.9 Å². The first-order valence-electron chi connectivity index (χ1n) is 9.94. The lowest BCUT2D eigenvalue weighted by molar-refractivity contribution is -0.119. The number of benzene rings is 2. The number of rotatable bonds is 5. The molecule has 9 heteroatoms. The third-order valence-corrected chi connectivity index (χ3v) is 6.99. The highest BCUT2D eigenvalue weighted by molar-refractivity contribution is 9.10. The van der Waals surface area contributed by atoms with Crippen LogP contribution in [0.1, 0.15) is 33.6 Å². The smallest absolute Gasteiger partial charge is 0.262 e. The van der Waals surface area contributed by atoms with Crippen LogP contribution in [-0.4, -0.2) is 53.4 Å². The van der Waals surface area contributed by atoms with Crippen molar-refractivity contribution in [3.05, 3.63) is 58.1 Å². The summed E-state index contributed by atoms with van der Waals surface area (Å²) in [6.07, 6.45) is 1.70. The number of halogens is 1. The van der Waals surface area contributed by atoms with Gasteiger partial charge < -0.3 is 4.74 Å². The van der Waals surface area contributed by atoms with Crippen molar-refractivity contribution in [2.75, 3.05) is 24.6 Å². The molecular weight excluding hydrogens is 482 g/mol. The fourth-order valence-electron chi connectivity index (χ4n) is 3.88. The first-order valence-corrected chi connectivity index (χ1v) is 11.6. The number of thiazole rings is 1. The first kappa shape index (κ1) is 20.3. The van der Waals surface area contributed by atoms with Gasteiger partial charge in [0.15, 0.2) is 5.13 Å². The van der Waals surface area contributed by atoms with Crippen molar-refractivity contribution in [3.8, 4) is 0 Å². The van der Waals surface area contributed by atoms with Crippen molar-refractivity contribution < 1.29 is 19.1 Å². The van der Waals surface area contributed by atoms with E-state index >= 15 is 0 Å². The molecule has 0 N–H and O–H groups in total. The number of nitrogens with zero attached hydrogens (tertiary/aromatic N) is 3. The van der Waals surface area contributed by atoms with Gasteiger partial charge in [0, 0.05) is 11.1 Å². The Kier molecular flexibility index (Phi) is 5.33. The van der Waals surface area contributed by atoms with Gasteiger partial charge in [0.1, 0.15) is 6.54 Å². The molecule has 5 rings (SSSR count). The molecule has 0 spiro atoms. The molecule has 0 saturated carbocycles. The molecule has 0 aliphatic carbocycles. The van der Waals surface area contributed by atoms with Gasteiger partial charge >= 0.3 is 0 Å². The van der Waals surface area contributed by atoms with Gasteiger partial charge in [-0.05, 0) is 43.2 Å². The van der Waals surface area contributed by atoms with E-state index in [1.54, 1.807) is 29.2 Å². The summed E-state index contributed by atoms with van der Waals surface area (Å²) in [5.74, 6) is -1.25. The minimum absolute atomic E-state index is 0.0927. The van der Waals surface area contributed by atoms with E-state index in [1.807, 2.05) is 18.2 Å².